The fraction of sp³-hybridized carbons (Fsp3) is 0. The van der Waals surface area contributed by atoms with E-state index in [9.17, 15) is 151 Å². The summed E-state index contributed by atoms with van der Waals surface area (Å²) in [7, 11) is -63.9. The molecule has 43 heteroatoms. The largest absolute Gasteiger partial charge is 6.00 e. The van der Waals surface area contributed by atoms with E-state index in [0.29, 0.717) is 0 Å². The van der Waals surface area contributed by atoms with Crippen molar-refractivity contribution < 1.29 is 182 Å². The molecule has 0 rings (SSSR count). The minimum absolute atomic E-state index is 0. The van der Waals surface area contributed by atoms with Crippen molar-refractivity contribution in [1.29, 1.82) is 0 Å². The predicted octanol–water partition coefficient (Wildman–Crippen LogP) is 20.3. The van der Waals surface area contributed by atoms with Crippen LogP contribution in [0, 0.1) is 31.1 Å². The van der Waals surface area contributed by atoms with Gasteiger partial charge in [0.05, 0.1) is 0 Å². The summed E-state index contributed by atoms with van der Waals surface area (Å²) in [4.78, 5) is 0. The van der Waals surface area contributed by atoms with Crippen molar-refractivity contribution in [3.63, 3.8) is 0 Å². The van der Waals surface area contributed by atoms with Crippen LogP contribution in [-0.2, 0) is 0 Å². The molecular weight excluding hydrogens is 1110 g/mol. The van der Waals surface area contributed by atoms with Crippen molar-refractivity contribution >= 4 is 46.9 Å². The molecule has 0 atom stereocenters. The van der Waals surface area contributed by atoms with Crippen molar-refractivity contribution in [3.05, 3.63) is 0 Å². The molecule has 0 aliphatic heterocycles. The second-order valence-electron chi connectivity index (χ2n) is 5.75. The van der Waals surface area contributed by atoms with Crippen LogP contribution in [0.25, 0.3) is 0 Å². The Bertz CT molecular complexity index is 616. The van der Waals surface area contributed by atoms with Gasteiger partial charge in [-0.15, -0.1) is 0 Å². The molecule has 0 N–H and O–H groups in total. The zero-order chi connectivity index (χ0) is 38.4. The molecule has 0 aromatic carbocycles. The van der Waals surface area contributed by atoms with Crippen molar-refractivity contribution in [3.8, 4) is 0 Å². The van der Waals surface area contributed by atoms with Crippen molar-refractivity contribution in [2.75, 3.05) is 0 Å². The molecule has 0 saturated carbocycles. The maximum Gasteiger partial charge on any atom is 6.00 e. The van der Waals surface area contributed by atoms with Gasteiger partial charge in [0.15, 0.2) is 0 Å². The zero-order valence-electron chi connectivity index (χ0n) is 16.8. The zero-order valence-corrected chi connectivity index (χ0v) is 26.3. The number of hydrogen-bond acceptors (Lipinski definition) is 0. The van der Waals surface area contributed by atoms with Gasteiger partial charge in [-0.3, -0.25) is 0 Å². The van der Waals surface area contributed by atoms with Gasteiger partial charge in [-0.05, 0) is 0 Å². The number of halogens is 36. The molecule has 0 amide bonds. The van der Waals surface area contributed by atoms with Crippen molar-refractivity contribution in [2.45, 2.75) is 0 Å². The van der Waals surface area contributed by atoms with Gasteiger partial charge in [0, 0.05) is 0 Å². The van der Waals surface area contributed by atoms with Crippen molar-refractivity contribution in [1.82, 2.24) is 0 Å². The second-order valence-corrected chi connectivity index (χ2v) is 17.2. The summed E-state index contributed by atoms with van der Waals surface area (Å²) < 4.78 is 355. The summed E-state index contributed by atoms with van der Waals surface area (Å²) in [6, 6.07) is 0. The van der Waals surface area contributed by atoms with E-state index < -0.39 is 46.9 Å². The predicted molar refractivity (Wildman–Crippen MR) is 81.4 cm³/mol. The molecule has 0 heterocycles. The Kier molecular flexibility index (Phi) is 12.8. The van der Waals surface area contributed by atoms with Gasteiger partial charge in [-0.1, -0.05) is 0 Å². The molecule has 286 valence electrons. The normalized spacial score (nSPS) is 22.6. The summed E-state index contributed by atoms with van der Waals surface area (Å²) in [6.07, 6.45) is 0. The van der Waals surface area contributed by atoms with E-state index in [1.807, 2.05) is 0 Å². The van der Waals surface area contributed by atoms with E-state index in [2.05, 4.69) is 0 Å². The molecule has 0 spiro atoms. The molecule has 0 saturated heterocycles. The molecule has 43 heavy (non-hydrogen) atoms. The van der Waals surface area contributed by atoms with Gasteiger partial charge < -0.3 is 0 Å². The topological polar surface area (TPSA) is 0 Å². The van der Waals surface area contributed by atoms with E-state index in [0.717, 1.165) is 0 Å². The molecule has 0 aromatic rings. The Hall–Kier alpha value is 1.11. The molecule has 0 aliphatic carbocycles. The Balaban J connectivity index is -0.0000000720. The molecular formula is F36P6U. The van der Waals surface area contributed by atoms with Crippen LogP contribution >= 0.6 is 46.9 Å². The van der Waals surface area contributed by atoms with Crippen molar-refractivity contribution in [2.24, 2.45) is 0 Å². The van der Waals surface area contributed by atoms with Crippen LogP contribution in [0.3, 0.4) is 0 Å². The average Bonchev–Trinajstić information content (AvgIpc) is 1.70. The van der Waals surface area contributed by atoms with Gasteiger partial charge in [0.25, 0.3) is 0 Å². The molecule has 0 radical (unpaired) electrons. The van der Waals surface area contributed by atoms with Gasteiger partial charge in [0.1, 0.15) is 0 Å². The van der Waals surface area contributed by atoms with Gasteiger partial charge in [0.2, 0.25) is 0 Å². The Morgan fingerprint density at radius 3 is 0.116 bits per heavy atom. The maximum atomic E-state index is 9.87. The van der Waals surface area contributed by atoms with Crippen LogP contribution in [0.4, 0.5) is 151 Å². The van der Waals surface area contributed by atoms with Crippen LogP contribution in [0.5, 0.6) is 0 Å². The Labute approximate surface area is 229 Å². The standard InChI is InChI=1S/6F6P.U/c6*1-7(2,3,4,5)6;/q6*-1;+6. The SMILES string of the molecule is F[P-](F)(F)(F)(F)F.F[P-](F)(F)(F)(F)F.F[P-](F)(F)(F)(F)F.F[P-](F)(F)(F)(F)F.F[P-](F)(F)(F)(F)F.F[P-](F)(F)(F)(F)F.[U+6]. The molecule has 0 nitrogen and oxygen atoms in total. The Morgan fingerprint density at radius 1 is 0.116 bits per heavy atom. The fourth-order valence-electron chi connectivity index (χ4n) is 0. The molecule has 0 aromatic heterocycles. The third-order valence-electron chi connectivity index (χ3n) is 0. The molecule has 0 fully saturated rings. The summed E-state index contributed by atoms with van der Waals surface area (Å²) >= 11 is 0. The molecule has 0 aliphatic rings. The van der Waals surface area contributed by atoms with E-state index in [-0.39, 0.29) is 31.1 Å². The fourth-order valence-corrected chi connectivity index (χ4v) is 0. The molecule has 0 bridgehead atoms. The van der Waals surface area contributed by atoms with E-state index in [1.54, 1.807) is 0 Å². The minimum Gasteiger partial charge on any atom is 6.00 e. The average molecular weight is 1110 g/mol. The minimum atomic E-state index is -10.7. The van der Waals surface area contributed by atoms with Crippen LogP contribution < -0.4 is 0 Å². The summed E-state index contributed by atoms with van der Waals surface area (Å²) in [5, 5.41) is 0. The first-order chi connectivity index (χ1) is 14.7. The second kappa shape index (κ2) is 9.21. The smallest absolute Gasteiger partial charge is 6.00 e. The van der Waals surface area contributed by atoms with E-state index in [4.69, 9.17) is 0 Å². The van der Waals surface area contributed by atoms with E-state index >= 15 is 0 Å². The third-order valence-corrected chi connectivity index (χ3v) is 0. The monoisotopic (exact) mass is 1110 g/mol. The maximum absolute atomic E-state index is 10.7. The summed E-state index contributed by atoms with van der Waals surface area (Å²) in [6.45, 7) is 0. The summed E-state index contributed by atoms with van der Waals surface area (Å²) in [5.41, 5.74) is 0. The Morgan fingerprint density at radius 2 is 0.116 bits per heavy atom. The van der Waals surface area contributed by atoms with Crippen LogP contribution in [0.15, 0.2) is 0 Å². The van der Waals surface area contributed by atoms with Crippen LogP contribution in [-0.4, -0.2) is 0 Å². The number of hydrogen-bond donors (Lipinski definition) is 0. The quantitative estimate of drug-likeness (QED) is 0.168. The van der Waals surface area contributed by atoms with Gasteiger partial charge in [-0.25, -0.2) is 0 Å². The third kappa shape index (κ3) is 58900. The first kappa shape index (κ1) is 59.5. The van der Waals surface area contributed by atoms with Gasteiger partial charge >= 0.3 is 229 Å². The number of rotatable bonds is 0. The first-order valence-electron chi connectivity index (χ1n) is 6.09. The van der Waals surface area contributed by atoms with Crippen LogP contribution in [0.2, 0.25) is 0 Å². The van der Waals surface area contributed by atoms with Gasteiger partial charge in [-0.2, -0.15) is 0 Å². The molecule has 0 unspecified atom stereocenters. The summed E-state index contributed by atoms with van der Waals surface area (Å²) in [5.74, 6) is 0. The van der Waals surface area contributed by atoms with Crippen LogP contribution in [0.1, 0.15) is 0 Å². The van der Waals surface area contributed by atoms with E-state index in [1.165, 1.54) is 0 Å². The first-order valence-corrected chi connectivity index (χ1v) is 18.3.